The van der Waals surface area contributed by atoms with Gasteiger partial charge in [-0.25, -0.2) is 0 Å². The molecule has 0 atom stereocenters. The van der Waals surface area contributed by atoms with Crippen molar-refractivity contribution in [3.63, 3.8) is 0 Å². The second kappa shape index (κ2) is 9.30. The quantitative estimate of drug-likeness (QED) is 0.532. The van der Waals surface area contributed by atoms with Crippen molar-refractivity contribution in [1.82, 2.24) is 6.15 Å². The van der Waals surface area contributed by atoms with Gasteiger partial charge in [0.2, 0.25) is 0 Å². The highest BCUT2D eigenvalue weighted by atomic mass is 16.5. The van der Waals surface area contributed by atoms with Gasteiger partial charge in [0.15, 0.2) is 0 Å². The molecule has 0 saturated heterocycles. The molecule has 0 fully saturated rings. The molecule has 0 aliphatic carbocycles. The summed E-state index contributed by atoms with van der Waals surface area (Å²) in [5.74, 6) is 0. The first-order valence-corrected chi connectivity index (χ1v) is 1.89. The minimum atomic E-state index is 0. The van der Waals surface area contributed by atoms with Crippen LogP contribution in [0.3, 0.4) is 0 Å². The van der Waals surface area contributed by atoms with Crippen molar-refractivity contribution >= 4 is 0 Å². The van der Waals surface area contributed by atoms with Crippen molar-refractivity contribution < 1.29 is 9.47 Å². The summed E-state index contributed by atoms with van der Waals surface area (Å²) < 4.78 is 9.31. The lowest BCUT2D eigenvalue weighted by Crippen LogP contribution is -1.96. The molecule has 0 aromatic rings. The first kappa shape index (κ1) is 9.99. The van der Waals surface area contributed by atoms with E-state index in [4.69, 9.17) is 0 Å². The van der Waals surface area contributed by atoms with E-state index in [1.807, 2.05) is 0 Å². The van der Waals surface area contributed by atoms with E-state index >= 15 is 0 Å². The van der Waals surface area contributed by atoms with E-state index in [0.29, 0.717) is 13.2 Å². The molecule has 0 radical (unpaired) electrons. The van der Waals surface area contributed by atoms with Crippen LogP contribution in [0.25, 0.3) is 0 Å². The number of hydrogen-bond donors (Lipinski definition) is 1. The fourth-order valence-corrected chi connectivity index (χ4v) is 0.167. The Labute approximate surface area is 44.2 Å². The zero-order valence-corrected chi connectivity index (χ0v) is 4.94. The third-order valence-electron chi connectivity index (χ3n) is 0.492. The molecule has 0 aromatic heterocycles. The van der Waals surface area contributed by atoms with Gasteiger partial charge in [-0.15, -0.1) is 0 Å². The molecule has 0 rings (SSSR count). The maximum absolute atomic E-state index is 4.66. The largest absolute Gasteiger partial charge is 0.382 e. The van der Waals surface area contributed by atoms with Gasteiger partial charge in [-0.05, 0) is 0 Å². The van der Waals surface area contributed by atoms with Gasteiger partial charge in [0.1, 0.15) is 0 Å². The summed E-state index contributed by atoms with van der Waals surface area (Å²) in [6.45, 7) is 1.38. The van der Waals surface area contributed by atoms with E-state index in [0.717, 1.165) is 0 Å². The van der Waals surface area contributed by atoms with Crippen LogP contribution in [0.2, 0.25) is 0 Å². The van der Waals surface area contributed by atoms with Crippen molar-refractivity contribution in [2.45, 2.75) is 0 Å². The van der Waals surface area contributed by atoms with Gasteiger partial charge in [0.05, 0.1) is 13.2 Å². The van der Waals surface area contributed by atoms with Gasteiger partial charge >= 0.3 is 0 Å². The smallest absolute Gasteiger partial charge is 0.0696 e. The third kappa shape index (κ3) is 10.7. The zero-order chi connectivity index (χ0) is 4.83. The predicted octanol–water partition coefficient (Wildman–Crippen LogP) is 0.441. The highest BCUT2D eigenvalue weighted by Gasteiger charge is 1.73. The molecule has 3 heteroatoms. The second-order valence-corrected chi connectivity index (χ2v) is 0.986. The topological polar surface area (TPSA) is 53.5 Å². The molecule has 0 aliphatic heterocycles. The summed E-state index contributed by atoms with van der Waals surface area (Å²) in [6.07, 6.45) is 0. The van der Waals surface area contributed by atoms with Crippen molar-refractivity contribution in [3.8, 4) is 0 Å². The highest BCUT2D eigenvalue weighted by molar-refractivity contribution is 4.17. The molecule has 3 nitrogen and oxygen atoms in total. The number of methoxy groups -OCH3 is 2. The average Bonchev–Trinajstić information content (AvgIpc) is 1.61. The van der Waals surface area contributed by atoms with Gasteiger partial charge in [-0.1, -0.05) is 0 Å². The summed E-state index contributed by atoms with van der Waals surface area (Å²) in [5, 5.41) is 0. The molecule has 0 aromatic carbocycles. The molecule has 3 N–H and O–H groups in total. The van der Waals surface area contributed by atoms with Gasteiger partial charge in [0, 0.05) is 14.2 Å². The molecule has 0 unspecified atom stereocenters. The van der Waals surface area contributed by atoms with Crippen LogP contribution in [0.1, 0.15) is 0 Å². The third-order valence-corrected chi connectivity index (χ3v) is 0.492. The minimum Gasteiger partial charge on any atom is -0.382 e. The van der Waals surface area contributed by atoms with Crippen LogP contribution in [0.15, 0.2) is 0 Å². The van der Waals surface area contributed by atoms with E-state index < -0.39 is 0 Å². The fourth-order valence-electron chi connectivity index (χ4n) is 0.167. The zero-order valence-electron chi connectivity index (χ0n) is 4.94. The van der Waals surface area contributed by atoms with Gasteiger partial charge in [-0.3, -0.25) is 0 Å². The predicted molar refractivity (Wildman–Crippen MR) is 28.8 cm³/mol. The Morgan fingerprint density at radius 1 is 1.00 bits per heavy atom. The van der Waals surface area contributed by atoms with Crippen molar-refractivity contribution in [1.29, 1.82) is 0 Å². The Bertz CT molecular complexity index is 21.7. The Morgan fingerprint density at radius 3 is 1.43 bits per heavy atom. The molecule has 46 valence electrons. The Balaban J connectivity index is 0. The van der Waals surface area contributed by atoms with Crippen LogP contribution < -0.4 is 6.15 Å². The number of hydrogen-bond acceptors (Lipinski definition) is 3. The van der Waals surface area contributed by atoms with Crippen LogP contribution in [-0.4, -0.2) is 27.4 Å². The molecule has 7 heavy (non-hydrogen) atoms. The fraction of sp³-hybridized carbons (Fsp3) is 1.00. The second-order valence-electron chi connectivity index (χ2n) is 0.986. The Morgan fingerprint density at radius 2 is 1.29 bits per heavy atom. The van der Waals surface area contributed by atoms with Gasteiger partial charge in [-0.2, -0.15) is 0 Å². The summed E-state index contributed by atoms with van der Waals surface area (Å²) in [7, 11) is 3.30. The number of rotatable bonds is 3. The summed E-state index contributed by atoms with van der Waals surface area (Å²) >= 11 is 0. The van der Waals surface area contributed by atoms with E-state index in [1.54, 1.807) is 14.2 Å². The standard InChI is InChI=1S/C4H10O2.H3N/c1-5-3-4-6-2;/h3-4H2,1-2H3;1H3. The summed E-state index contributed by atoms with van der Waals surface area (Å²) in [6, 6.07) is 0. The molecular weight excluding hydrogens is 94.0 g/mol. The lowest BCUT2D eigenvalue weighted by atomic mass is 10.8. The average molecular weight is 107 g/mol. The van der Waals surface area contributed by atoms with Crippen LogP contribution in [0.4, 0.5) is 0 Å². The molecule has 0 amide bonds. The van der Waals surface area contributed by atoms with Gasteiger partial charge < -0.3 is 15.6 Å². The van der Waals surface area contributed by atoms with Crippen molar-refractivity contribution in [2.75, 3.05) is 27.4 Å². The van der Waals surface area contributed by atoms with E-state index in [9.17, 15) is 0 Å². The van der Waals surface area contributed by atoms with E-state index in [-0.39, 0.29) is 6.15 Å². The molecule has 0 saturated carbocycles. The lowest BCUT2D eigenvalue weighted by Gasteiger charge is -1.91. The lowest BCUT2D eigenvalue weighted by molar-refractivity contribution is 0.103. The molecule has 0 heterocycles. The van der Waals surface area contributed by atoms with Crippen LogP contribution in [-0.2, 0) is 9.47 Å². The first-order valence-electron chi connectivity index (χ1n) is 1.89. The maximum Gasteiger partial charge on any atom is 0.0696 e. The van der Waals surface area contributed by atoms with E-state index in [2.05, 4.69) is 9.47 Å². The van der Waals surface area contributed by atoms with E-state index in [1.165, 1.54) is 0 Å². The van der Waals surface area contributed by atoms with Crippen molar-refractivity contribution in [3.05, 3.63) is 0 Å². The molecule has 0 bridgehead atoms. The minimum absolute atomic E-state index is 0. The highest BCUT2D eigenvalue weighted by Crippen LogP contribution is 1.65. The monoisotopic (exact) mass is 107 g/mol. The molecule has 0 spiro atoms. The van der Waals surface area contributed by atoms with Gasteiger partial charge in [0.25, 0.3) is 0 Å². The maximum atomic E-state index is 4.66. The van der Waals surface area contributed by atoms with Crippen molar-refractivity contribution in [2.24, 2.45) is 0 Å². The Hall–Kier alpha value is -0.120. The van der Waals surface area contributed by atoms with Crippen LogP contribution >= 0.6 is 0 Å². The molecular formula is C4H13NO2. The SMILES string of the molecule is COCCOC.N. The Kier molecular flexibility index (Phi) is 13.3. The summed E-state index contributed by atoms with van der Waals surface area (Å²) in [4.78, 5) is 0. The summed E-state index contributed by atoms with van der Waals surface area (Å²) in [5.41, 5.74) is 0. The number of ether oxygens (including phenoxy) is 2. The van der Waals surface area contributed by atoms with Crippen LogP contribution in [0, 0.1) is 0 Å². The molecule has 0 aliphatic rings. The first-order chi connectivity index (χ1) is 2.91. The normalized spacial score (nSPS) is 7.71. The van der Waals surface area contributed by atoms with Crippen LogP contribution in [0.5, 0.6) is 0 Å².